The molecule has 3 aromatic carbocycles. The van der Waals surface area contributed by atoms with Crippen molar-refractivity contribution >= 4 is 26.7 Å². The molecule has 4 rings (SSSR count). The van der Waals surface area contributed by atoms with Gasteiger partial charge in [0.05, 0.1) is 17.4 Å². The summed E-state index contributed by atoms with van der Waals surface area (Å²) in [7, 11) is -2.14. The highest BCUT2D eigenvalue weighted by Crippen LogP contribution is 2.26. The van der Waals surface area contributed by atoms with E-state index >= 15 is 0 Å². The fourth-order valence-corrected chi connectivity index (χ4v) is 4.00. The predicted molar refractivity (Wildman–Crippen MR) is 112 cm³/mol. The summed E-state index contributed by atoms with van der Waals surface area (Å²) in [4.78, 5) is 12.6. The van der Waals surface area contributed by atoms with E-state index in [1.165, 1.54) is 25.3 Å². The van der Waals surface area contributed by atoms with Gasteiger partial charge in [0, 0.05) is 17.3 Å². The normalized spacial score (nSPS) is 11.3. The molecule has 0 atom stereocenters. The molecule has 146 valence electrons. The minimum absolute atomic E-state index is 0.181. The van der Waals surface area contributed by atoms with E-state index < -0.39 is 10.0 Å². The largest absolute Gasteiger partial charge is 0.497 e. The molecule has 7 heteroatoms. The molecule has 0 aliphatic carbocycles. The Hall–Kier alpha value is -3.58. The SMILES string of the molecule is COc1ccc2oc(-c3ccc(NS(=O)(=O)c4ccccc4)cc3)cc(=O)c2c1. The van der Waals surface area contributed by atoms with Crippen molar-refractivity contribution in [3.63, 3.8) is 0 Å². The molecule has 0 fully saturated rings. The van der Waals surface area contributed by atoms with E-state index in [0.717, 1.165) is 0 Å². The summed E-state index contributed by atoms with van der Waals surface area (Å²) < 4.78 is 38.4. The van der Waals surface area contributed by atoms with E-state index in [4.69, 9.17) is 9.15 Å². The van der Waals surface area contributed by atoms with Gasteiger partial charge in [0.25, 0.3) is 10.0 Å². The lowest BCUT2D eigenvalue weighted by Gasteiger charge is -2.09. The molecule has 29 heavy (non-hydrogen) atoms. The van der Waals surface area contributed by atoms with Gasteiger partial charge in [-0.3, -0.25) is 9.52 Å². The summed E-state index contributed by atoms with van der Waals surface area (Å²) in [6.45, 7) is 0. The minimum atomic E-state index is -3.67. The first-order valence-corrected chi connectivity index (χ1v) is 10.2. The molecule has 0 aliphatic heterocycles. The van der Waals surface area contributed by atoms with E-state index in [9.17, 15) is 13.2 Å². The van der Waals surface area contributed by atoms with Crippen LogP contribution in [0.4, 0.5) is 5.69 Å². The lowest BCUT2D eigenvalue weighted by Crippen LogP contribution is -2.12. The fraction of sp³-hybridized carbons (Fsp3) is 0.0455. The van der Waals surface area contributed by atoms with Gasteiger partial charge in [0.1, 0.15) is 17.1 Å². The molecule has 1 N–H and O–H groups in total. The maximum absolute atomic E-state index is 12.4. The molecule has 0 unspecified atom stereocenters. The van der Waals surface area contributed by atoms with Crippen LogP contribution in [0.2, 0.25) is 0 Å². The molecule has 0 saturated carbocycles. The lowest BCUT2D eigenvalue weighted by atomic mass is 10.1. The molecule has 6 nitrogen and oxygen atoms in total. The molecule has 4 aromatic rings. The first-order chi connectivity index (χ1) is 14.0. The van der Waals surface area contributed by atoms with Crippen molar-refractivity contribution in [3.8, 4) is 17.1 Å². The predicted octanol–water partition coefficient (Wildman–Crippen LogP) is 4.27. The fourth-order valence-electron chi connectivity index (χ4n) is 2.92. The molecular formula is C22H17NO5S. The second kappa shape index (κ2) is 7.44. The van der Waals surface area contributed by atoms with Crippen molar-refractivity contribution in [3.05, 3.63) is 89.1 Å². The van der Waals surface area contributed by atoms with Gasteiger partial charge >= 0.3 is 0 Å². The first kappa shape index (κ1) is 18.8. The van der Waals surface area contributed by atoms with Gasteiger partial charge in [-0.25, -0.2) is 8.42 Å². The highest BCUT2D eigenvalue weighted by atomic mass is 32.2. The van der Waals surface area contributed by atoms with Crippen LogP contribution in [0.5, 0.6) is 5.75 Å². The Labute approximate surface area is 167 Å². The maximum atomic E-state index is 12.4. The van der Waals surface area contributed by atoms with Gasteiger partial charge in [0.2, 0.25) is 0 Å². The highest BCUT2D eigenvalue weighted by Gasteiger charge is 2.14. The van der Waals surface area contributed by atoms with Crippen molar-refractivity contribution in [1.29, 1.82) is 0 Å². The van der Waals surface area contributed by atoms with Crippen molar-refractivity contribution in [2.75, 3.05) is 11.8 Å². The van der Waals surface area contributed by atoms with E-state index in [0.29, 0.717) is 33.7 Å². The molecule has 0 saturated heterocycles. The van der Waals surface area contributed by atoms with Gasteiger partial charge < -0.3 is 9.15 Å². The van der Waals surface area contributed by atoms with Crippen LogP contribution < -0.4 is 14.9 Å². The van der Waals surface area contributed by atoms with E-state index in [-0.39, 0.29) is 10.3 Å². The van der Waals surface area contributed by atoms with E-state index in [2.05, 4.69) is 4.72 Å². The third-order valence-corrected chi connectivity index (χ3v) is 5.81. The van der Waals surface area contributed by atoms with Crippen LogP contribution in [0.1, 0.15) is 0 Å². The van der Waals surface area contributed by atoms with Crippen LogP contribution in [0.15, 0.2) is 93.0 Å². The molecule has 0 spiro atoms. The number of ether oxygens (including phenoxy) is 1. The zero-order chi connectivity index (χ0) is 20.4. The van der Waals surface area contributed by atoms with Gasteiger partial charge in [-0.1, -0.05) is 18.2 Å². The summed E-state index contributed by atoms with van der Waals surface area (Å²) in [5, 5.41) is 0.431. The molecule has 0 bridgehead atoms. The topological polar surface area (TPSA) is 85.6 Å². The number of fused-ring (bicyclic) bond motifs is 1. The van der Waals surface area contributed by atoms with Crippen molar-refractivity contribution < 1.29 is 17.6 Å². The summed E-state index contributed by atoms with van der Waals surface area (Å²) in [6.07, 6.45) is 0. The average molecular weight is 407 g/mol. The summed E-state index contributed by atoms with van der Waals surface area (Å²) in [6, 6.07) is 21.2. The monoisotopic (exact) mass is 407 g/mol. The summed E-state index contributed by atoms with van der Waals surface area (Å²) in [5.41, 5.74) is 1.32. The molecule has 1 heterocycles. The standard InChI is InChI=1S/C22H17NO5S/c1-27-17-11-12-21-19(13-17)20(24)14-22(28-21)15-7-9-16(10-8-15)23-29(25,26)18-5-3-2-4-6-18/h2-14,23H,1H3. The molecular weight excluding hydrogens is 390 g/mol. The van der Waals surface area contributed by atoms with Gasteiger partial charge in [0.15, 0.2) is 5.43 Å². The van der Waals surface area contributed by atoms with E-state index in [1.54, 1.807) is 60.7 Å². The average Bonchev–Trinajstić information content (AvgIpc) is 2.74. The van der Waals surface area contributed by atoms with Crippen LogP contribution in [-0.2, 0) is 10.0 Å². The highest BCUT2D eigenvalue weighted by molar-refractivity contribution is 7.92. The molecule has 0 aliphatic rings. The van der Waals surface area contributed by atoms with Crippen LogP contribution >= 0.6 is 0 Å². The molecule has 0 amide bonds. The Morgan fingerprint density at radius 3 is 2.31 bits per heavy atom. The zero-order valence-electron chi connectivity index (χ0n) is 15.5. The molecule has 0 radical (unpaired) electrons. The summed E-state index contributed by atoms with van der Waals surface area (Å²) in [5.74, 6) is 0.970. The minimum Gasteiger partial charge on any atom is -0.497 e. The third kappa shape index (κ3) is 3.86. The number of nitrogens with one attached hydrogen (secondary N) is 1. The Kier molecular flexibility index (Phi) is 4.82. The third-order valence-electron chi connectivity index (χ3n) is 4.41. The number of benzene rings is 3. The number of hydrogen-bond acceptors (Lipinski definition) is 5. The summed E-state index contributed by atoms with van der Waals surface area (Å²) >= 11 is 0. The smallest absolute Gasteiger partial charge is 0.261 e. The quantitative estimate of drug-likeness (QED) is 0.534. The second-order valence-electron chi connectivity index (χ2n) is 6.33. The number of rotatable bonds is 5. The van der Waals surface area contributed by atoms with Gasteiger partial charge in [-0.2, -0.15) is 0 Å². The van der Waals surface area contributed by atoms with Crippen LogP contribution in [0.3, 0.4) is 0 Å². The Morgan fingerprint density at radius 1 is 0.897 bits per heavy atom. The second-order valence-corrected chi connectivity index (χ2v) is 8.02. The lowest BCUT2D eigenvalue weighted by molar-refractivity contribution is 0.415. The molecule has 1 aromatic heterocycles. The van der Waals surface area contributed by atoms with Crippen molar-refractivity contribution in [2.45, 2.75) is 4.90 Å². The van der Waals surface area contributed by atoms with Crippen LogP contribution in [0, 0.1) is 0 Å². The van der Waals surface area contributed by atoms with Gasteiger partial charge in [-0.05, 0) is 54.6 Å². The Balaban J connectivity index is 1.63. The first-order valence-electron chi connectivity index (χ1n) is 8.76. The van der Waals surface area contributed by atoms with Gasteiger partial charge in [-0.15, -0.1) is 0 Å². The zero-order valence-corrected chi connectivity index (χ0v) is 16.3. The number of anilines is 1. The number of methoxy groups -OCH3 is 1. The van der Waals surface area contributed by atoms with Crippen molar-refractivity contribution in [2.24, 2.45) is 0 Å². The Morgan fingerprint density at radius 2 is 1.62 bits per heavy atom. The maximum Gasteiger partial charge on any atom is 0.261 e. The van der Waals surface area contributed by atoms with Crippen LogP contribution in [-0.4, -0.2) is 15.5 Å². The number of sulfonamides is 1. The number of hydrogen-bond donors (Lipinski definition) is 1. The van der Waals surface area contributed by atoms with E-state index in [1.807, 2.05) is 0 Å². The Bertz CT molecular complexity index is 1330. The van der Waals surface area contributed by atoms with Crippen LogP contribution in [0.25, 0.3) is 22.3 Å². The van der Waals surface area contributed by atoms with Crippen molar-refractivity contribution in [1.82, 2.24) is 0 Å².